The van der Waals surface area contributed by atoms with Gasteiger partial charge in [0, 0.05) is 0 Å². The number of fused-ring (bicyclic) bond motifs is 1. The van der Waals surface area contributed by atoms with Crippen molar-refractivity contribution < 1.29 is 35.1 Å². The molecule has 0 amide bonds. The lowest BCUT2D eigenvalue weighted by Crippen LogP contribution is -2.57. The average molecular weight is 346 g/mol. The Morgan fingerprint density at radius 3 is 2.13 bits per heavy atom. The van der Waals surface area contributed by atoms with Crippen molar-refractivity contribution in [1.29, 1.82) is 0 Å². The van der Waals surface area contributed by atoms with Gasteiger partial charge in [-0.1, -0.05) is 12.1 Å². The van der Waals surface area contributed by atoms with Crippen LogP contribution in [0.2, 0.25) is 0 Å². The maximum absolute atomic E-state index is 13.7. The number of nitrogens with one attached hydrogen (secondary N) is 1. The van der Waals surface area contributed by atoms with Crippen LogP contribution in [-0.4, -0.2) is 28.2 Å². The van der Waals surface area contributed by atoms with Gasteiger partial charge in [0.15, 0.2) is 5.69 Å². The van der Waals surface area contributed by atoms with Crippen LogP contribution < -0.4 is 5.56 Å². The summed E-state index contributed by atoms with van der Waals surface area (Å²) in [5.74, 6) is -18.8. The van der Waals surface area contributed by atoms with Gasteiger partial charge in [-0.05, 0) is 12.1 Å². The van der Waals surface area contributed by atoms with E-state index >= 15 is 0 Å². The lowest BCUT2D eigenvalue weighted by Gasteiger charge is -2.31. The fraction of sp³-hybridized carbons (Fsp3) is 0.333. The minimum absolute atomic E-state index is 0.124. The first-order valence-electron chi connectivity index (χ1n) is 5.84. The van der Waals surface area contributed by atoms with Crippen molar-refractivity contribution in [3.05, 3.63) is 40.3 Å². The molecule has 1 aromatic heterocycles. The van der Waals surface area contributed by atoms with Crippen LogP contribution in [0.3, 0.4) is 0 Å². The second-order valence-electron chi connectivity index (χ2n) is 4.50. The van der Waals surface area contributed by atoms with E-state index in [-0.39, 0.29) is 5.52 Å². The highest BCUT2D eigenvalue weighted by atomic mass is 19.4. The van der Waals surface area contributed by atoms with E-state index in [4.69, 9.17) is 0 Å². The van der Waals surface area contributed by atoms with Gasteiger partial charge in [0.05, 0.1) is 11.0 Å². The van der Waals surface area contributed by atoms with E-state index in [0.717, 1.165) is 6.07 Å². The van der Waals surface area contributed by atoms with Crippen LogP contribution in [0.25, 0.3) is 11.0 Å². The highest BCUT2D eigenvalue weighted by molar-refractivity contribution is 5.73. The molecular weight excluding hydrogens is 340 g/mol. The summed E-state index contributed by atoms with van der Waals surface area (Å²) in [7, 11) is 0. The largest absolute Gasteiger partial charge is 0.384 e. The zero-order chi connectivity index (χ0) is 17.6. The van der Waals surface area contributed by atoms with E-state index in [0.29, 0.717) is 0 Å². The van der Waals surface area contributed by atoms with Crippen molar-refractivity contribution >= 4 is 11.0 Å². The van der Waals surface area contributed by atoms with Crippen LogP contribution in [0.5, 0.6) is 0 Å². The summed E-state index contributed by atoms with van der Waals surface area (Å²) < 4.78 is 104. The zero-order valence-corrected chi connectivity index (χ0v) is 10.8. The van der Waals surface area contributed by atoms with Crippen LogP contribution in [0, 0.1) is 0 Å². The van der Waals surface area contributed by atoms with Crippen LogP contribution in [0.4, 0.5) is 35.1 Å². The number of rotatable bonds is 4. The van der Waals surface area contributed by atoms with E-state index in [1.807, 2.05) is 0 Å². The third-order valence-corrected chi connectivity index (χ3v) is 2.98. The first kappa shape index (κ1) is 17.2. The van der Waals surface area contributed by atoms with Crippen LogP contribution in [0.1, 0.15) is 5.69 Å². The number of hydrogen-bond acceptors (Lipinski definition) is 2. The molecule has 1 heterocycles. The Morgan fingerprint density at radius 1 is 1.00 bits per heavy atom. The van der Waals surface area contributed by atoms with Gasteiger partial charge >= 0.3 is 24.2 Å². The molecule has 11 heteroatoms. The molecule has 0 aliphatic heterocycles. The molecule has 2 rings (SSSR count). The second kappa shape index (κ2) is 5.17. The van der Waals surface area contributed by atoms with Crippen LogP contribution >= 0.6 is 0 Å². The molecule has 1 aromatic carbocycles. The number of H-pyrrole nitrogens is 1. The quantitative estimate of drug-likeness (QED) is 0.861. The van der Waals surface area contributed by atoms with Crippen molar-refractivity contribution in [2.75, 3.05) is 0 Å². The SMILES string of the molecule is O=c1[nH]c2ccccc2nc1C(F)(F)C(F)(F)C(F)(F)C(F)F. The number of halogens is 8. The summed E-state index contributed by atoms with van der Waals surface area (Å²) in [6.07, 6.45) is -5.07. The molecule has 0 radical (unpaired) electrons. The molecule has 1 N–H and O–H groups in total. The maximum atomic E-state index is 13.7. The Labute approximate surface area is 121 Å². The maximum Gasteiger partial charge on any atom is 0.384 e. The molecule has 126 valence electrons. The Hall–Kier alpha value is -2.20. The molecule has 0 fully saturated rings. The third-order valence-electron chi connectivity index (χ3n) is 2.98. The smallest absolute Gasteiger partial charge is 0.319 e. The predicted molar refractivity (Wildman–Crippen MR) is 62.2 cm³/mol. The van der Waals surface area contributed by atoms with Gasteiger partial charge in [0.2, 0.25) is 0 Å². The van der Waals surface area contributed by atoms with Gasteiger partial charge in [-0.2, -0.15) is 26.3 Å². The highest BCUT2D eigenvalue weighted by Crippen LogP contribution is 2.52. The van der Waals surface area contributed by atoms with Gasteiger partial charge < -0.3 is 4.98 Å². The summed E-state index contributed by atoms with van der Waals surface area (Å²) in [4.78, 5) is 16.1. The summed E-state index contributed by atoms with van der Waals surface area (Å²) in [6, 6.07) is 4.84. The van der Waals surface area contributed by atoms with Crippen molar-refractivity contribution in [2.45, 2.75) is 24.2 Å². The fourth-order valence-corrected chi connectivity index (χ4v) is 1.74. The number of alkyl halides is 8. The number of nitrogens with zero attached hydrogens (tertiary/aromatic N) is 1. The third kappa shape index (κ3) is 2.43. The topological polar surface area (TPSA) is 45.8 Å². The minimum Gasteiger partial charge on any atom is -0.319 e. The molecular formula is C12H6F8N2O. The molecule has 0 aliphatic carbocycles. The number of aromatic amines is 1. The standard InChI is InChI=1S/C12H6F8N2O/c13-9(14)11(17,18)12(19,20)10(15,16)7-8(23)22-6-4-2-1-3-5(6)21-7/h1-4,9H,(H,22,23). The Bertz CT molecular complexity index is 786. The predicted octanol–water partition coefficient (Wildman–Crippen LogP) is 3.55. The molecule has 0 aliphatic rings. The van der Waals surface area contributed by atoms with Gasteiger partial charge in [-0.15, -0.1) is 0 Å². The van der Waals surface area contributed by atoms with E-state index in [1.165, 1.54) is 18.2 Å². The van der Waals surface area contributed by atoms with Crippen LogP contribution in [0.15, 0.2) is 29.1 Å². The Kier molecular flexibility index (Phi) is 3.86. The molecule has 0 atom stereocenters. The summed E-state index contributed by atoms with van der Waals surface area (Å²) >= 11 is 0. The Balaban J connectivity index is 2.68. The molecule has 0 saturated carbocycles. The molecule has 3 nitrogen and oxygen atoms in total. The summed E-state index contributed by atoms with van der Waals surface area (Å²) in [6.45, 7) is 0. The summed E-state index contributed by atoms with van der Waals surface area (Å²) in [5, 5.41) is 0. The zero-order valence-electron chi connectivity index (χ0n) is 10.8. The normalized spacial score (nSPS) is 13.8. The van der Waals surface area contributed by atoms with E-state index in [1.54, 1.807) is 4.98 Å². The fourth-order valence-electron chi connectivity index (χ4n) is 1.74. The van der Waals surface area contributed by atoms with Crippen LogP contribution in [-0.2, 0) is 5.92 Å². The molecule has 0 spiro atoms. The molecule has 0 saturated heterocycles. The first-order chi connectivity index (χ1) is 10.4. The van der Waals surface area contributed by atoms with Crippen molar-refractivity contribution in [3.63, 3.8) is 0 Å². The molecule has 2 aromatic rings. The second-order valence-corrected chi connectivity index (χ2v) is 4.50. The number of aromatic nitrogens is 2. The minimum atomic E-state index is -6.53. The number of benzene rings is 1. The average Bonchev–Trinajstić information content (AvgIpc) is 2.45. The van der Waals surface area contributed by atoms with E-state index < -0.39 is 41.0 Å². The van der Waals surface area contributed by atoms with Crippen molar-refractivity contribution in [2.24, 2.45) is 0 Å². The molecule has 0 bridgehead atoms. The Morgan fingerprint density at radius 2 is 1.57 bits per heavy atom. The first-order valence-corrected chi connectivity index (χ1v) is 5.84. The van der Waals surface area contributed by atoms with Gasteiger partial charge in [-0.3, -0.25) is 4.79 Å². The monoisotopic (exact) mass is 346 g/mol. The van der Waals surface area contributed by atoms with Gasteiger partial charge in [0.1, 0.15) is 0 Å². The highest BCUT2D eigenvalue weighted by Gasteiger charge is 2.77. The number of hydrogen-bond donors (Lipinski definition) is 1. The van der Waals surface area contributed by atoms with Gasteiger partial charge in [-0.25, -0.2) is 13.8 Å². The van der Waals surface area contributed by atoms with Crippen molar-refractivity contribution in [1.82, 2.24) is 9.97 Å². The molecule has 0 unspecified atom stereocenters. The van der Waals surface area contributed by atoms with E-state index in [2.05, 4.69) is 4.98 Å². The van der Waals surface area contributed by atoms with Crippen molar-refractivity contribution in [3.8, 4) is 0 Å². The number of para-hydroxylation sites is 2. The molecule has 23 heavy (non-hydrogen) atoms. The summed E-state index contributed by atoms with van der Waals surface area (Å²) in [5.41, 5.74) is -4.70. The van der Waals surface area contributed by atoms with E-state index in [9.17, 15) is 39.9 Å². The lowest BCUT2D eigenvalue weighted by atomic mass is 10.0. The lowest BCUT2D eigenvalue weighted by molar-refractivity contribution is -0.344. The van der Waals surface area contributed by atoms with Gasteiger partial charge in [0.25, 0.3) is 5.56 Å².